The molecular formula is C15H16ClN5O3S. The molecule has 0 spiro atoms. The van der Waals surface area contributed by atoms with Crippen molar-refractivity contribution >= 4 is 33.5 Å². The van der Waals surface area contributed by atoms with Crippen LogP contribution in [0.25, 0.3) is 0 Å². The Morgan fingerprint density at radius 1 is 1.12 bits per heavy atom. The van der Waals surface area contributed by atoms with Crippen LogP contribution in [0.4, 0.5) is 5.95 Å². The number of anilines is 1. The van der Waals surface area contributed by atoms with E-state index in [2.05, 4.69) is 9.97 Å². The highest BCUT2D eigenvalue weighted by Crippen LogP contribution is 2.22. The van der Waals surface area contributed by atoms with Crippen molar-refractivity contribution in [3.05, 3.63) is 47.2 Å². The Bertz CT molecular complexity index is 883. The molecule has 1 aliphatic heterocycles. The summed E-state index contributed by atoms with van der Waals surface area (Å²) in [5.74, 6) is 0.354. The van der Waals surface area contributed by atoms with E-state index in [0.29, 0.717) is 32.1 Å². The summed E-state index contributed by atoms with van der Waals surface area (Å²) in [5.41, 5.74) is 0.234. The maximum atomic E-state index is 12.6. The fourth-order valence-corrected chi connectivity index (χ4v) is 3.67. The predicted molar refractivity (Wildman–Crippen MR) is 93.0 cm³/mol. The van der Waals surface area contributed by atoms with Crippen LogP contribution in [0.5, 0.6) is 0 Å². The third-order valence-corrected chi connectivity index (χ3v) is 5.28. The number of carbonyl (C=O) groups is 1. The Labute approximate surface area is 150 Å². The van der Waals surface area contributed by atoms with E-state index in [1.165, 1.54) is 18.2 Å². The van der Waals surface area contributed by atoms with Gasteiger partial charge >= 0.3 is 0 Å². The SMILES string of the molecule is NS(=O)(=O)c1cc(C(=O)N2CCN(c3ncccn3)CC2)ccc1Cl. The van der Waals surface area contributed by atoms with Gasteiger partial charge < -0.3 is 9.80 Å². The van der Waals surface area contributed by atoms with Crippen molar-refractivity contribution in [1.29, 1.82) is 0 Å². The molecule has 8 nitrogen and oxygen atoms in total. The van der Waals surface area contributed by atoms with Crippen molar-refractivity contribution in [2.24, 2.45) is 5.14 Å². The number of hydrogen-bond donors (Lipinski definition) is 1. The van der Waals surface area contributed by atoms with Crippen molar-refractivity contribution in [2.75, 3.05) is 31.1 Å². The molecule has 1 aromatic heterocycles. The van der Waals surface area contributed by atoms with Crippen LogP contribution in [-0.4, -0.2) is 55.4 Å². The predicted octanol–water partition coefficient (Wildman–Crippen LogP) is 0.740. The van der Waals surface area contributed by atoms with Crippen LogP contribution in [-0.2, 0) is 10.0 Å². The van der Waals surface area contributed by atoms with Crippen molar-refractivity contribution in [3.8, 4) is 0 Å². The van der Waals surface area contributed by atoms with Crippen molar-refractivity contribution < 1.29 is 13.2 Å². The molecule has 1 aromatic carbocycles. The summed E-state index contributed by atoms with van der Waals surface area (Å²) in [6, 6.07) is 5.81. The van der Waals surface area contributed by atoms with Crippen LogP contribution >= 0.6 is 11.6 Å². The lowest BCUT2D eigenvalue weighted by Crippen LogP contribution is -2.49. The Morgan fingerprint density at radius 2 is 1.76 bits per heavy atom. The largest absolute Gasteiger partial charge is 0.337 e. The van der Waals surface area contributed by atoms with E-state index < -0.39 is 10.0 Å². The first kappa shape index (κ1) is 17.6. The van der Waals surface area contributed by atoms with E-state index in [-0.39, 0.29) is 21.4 Å². The molecule has 0 unspecified atom stereocenters. The monoisotopic (exact) mass is 381 g/mol. The zero-order valence-electron chi connectivity index (χ0n) is 13.2. The Kier molecular flexibility index (Phi) is 4.89. The number of amides is 1. The summed E-state index contributed by atoms with van der Waals surface area (Å²) in [6.07, 6.45) is 3.34. The fourth-order valence-electron chi connectivity index (χ4n) is 2.60. The van der Waals surface area contributed by atoms with E-state index in [1.54, 1.807) is 23.4 Å². The lowest BCUT2D eigenvalue weighted by Gasteiger charge is -2.34. The van der Waals surface area contributed by atoms with Crippen molar-refractivity contribution in [1.82, 2.24) is 14.9 Å². The van der Waals surface area contributed by atoms with E-state index in [1.807, 2.05) is 4.90 Å². The lowest BCUT2D eigenvalue weighted by molar-refractivity contribution is 0.0746. The standard InChI is InChI=1S/C15H16ClN5O3S/c16-12-3-2-11(10-13(12)25(17,23)24)14(22)20-6-8-21(9-7-20)15-18-4-1-5-19-15/h1-5,10H,6-9H2,(H2,17,23,24). The second-order valence-electron chi connectivity index (χ2n) is 5.52. The van der Waals surface area contributed by atoms with E-state index in [0.717, 1.165) is 0 Å². The van der Waals surface area contributed by atoms with Gasteiger partial charge in [-0.15, -0.1) is 0 Å². The minimum Gasteiger partial charge on any atom is -0.337 e. The van der Waals surface area contributed by atoms with Crippen LogP contribution in [0.3, 0.4) is 0 Å². The second kappa shape index (κ2) is 6.95. The van der Waals surface area contributed by atoms with Crippen LogP contribution < -0.4 is 10.0 Å². The number of piperazine rings is 1. The maximum absolute atomic E-state index is 12.6. The van der Waals surface area contributed by atoms with Gasteiger partial charge in [-0.25, -0.2) is 23.5 Å². The summed E-state index contributed by atoms with van der Waals surface area (Å²) >= 11 is 5.85. The van der Waals surface area contributed by atoms with Gasteiger partial charge in [0.25, 0.3) is 5.91 Å². The van der Waals surface area contributed by atoms with E-state index in [4.69, 9.17) is 16.7 Å². The highest BCUT2D eigenvalue weighted by molar-refractivity contribution is 7.89. The van der Waals surface area contributed by atoms with Crippen LogP contribution in [0.15, 0.2) is 41.6 Å². The molecule has 2 heterocycles. The molecule has 25 heavy (non-hydrogen) atoms. The van der Waals surface area contributed by atoms with E-state index in [9.17, 15) is 13.2 Å². The molecule has 0 saturated carbocycles. The van der Waals surface area contributed by atoms with E-state index >= 15 is 0 Å². The summed E-state index contributed by atoms with van der Waals surface area (Å²) in [4.78, 5) is 24.4. The molecule has 132 valence electrons. The number of rotatable bonds is 3. The molecule has 1 fully saturated rings. The molecule has 0 atom stereocenters. The minimum absolute atomic E-state index is 0.00917. The zero-order chi connectivity index (χ0) is 18.0. The molecule has 3 rings (SSSR count). The number of benzene rings is 1. The van der Waals surface area contributed by atoms with Gasteiger partial charge in [-0.1, -0.05) is 11.6 Å². The summed E-state index contributed by atoms with van der Waals surface area (Å²) in [6.45, 7) is 2.13. The first-order valence-corrected chi connectivity index (χ1v) is 9.42. The molecule has 1 aliphatic rings. The van der Waals surface area contributed by atoms with Gasteiger partial charge in [0.05, 0.1) is 5.02 Å². The number of nitrogens with zero attached hydrogens (tertiary/aromatic N) is 4. The fraction of sp³-hybridized carbons (Fsp3) is 0.267. The number of sulfonamides is 1. The summed E-state index contributed by atoms with van der Waals surface area (Å²) < 4.78 is 23.1. The highest BCUT2D eigenvalue weighted by atomic mass is 35.5. The van der Waals surface area contributed by atoms with Gasteiger partial charge in [0.2, 0.25) is 16.0 Å². The number of halogens is 1. The molecule has 1 saturated heterocycles. The Morgan fingerprint density at radius 3 is 2.36 bits per heavy atom. The van der Waals surface area contributed by atoms with Crippen LogP contribution in [0, 0.1) is 0 Å². The summed E-state index contributed by atoms with van der Waals surface area (Å²) in [7, 11) is -3.99. The van der Waals surface area contributed by atoms with Crippen molar-refractivity contribution in [2.45, 2.75) is 4.90 Å². The average molecular weight is 382 g/mol. The maximum Gasteiger partial charge on any atom is 0.254 e. The number of hydrogen-bond acceptors (Lipinski definition) is 6. The zero-order valence-corrected chi connectivity index (χ0v) is 14.7. The topological polar surface area (TPSA) is 109 Å². The lowest BCUT2D eigenvalue weighted by atomic mass is 10.2. The number of aromatic nitrogens is 2. The molecule has 0 aliphatic carbocycles. The molecule has 2 aromatic rings. The minimum atomic E-state index is -3.99. The molecule has 0 radical (unpaired) electrons. The average Bonchev–Trinajstić information content (AvgIpc) is 2.61. The third kappa shape index (κ3) is 3.89. The van der Waals surface area contributed by atoms with Gasteiger partial charge in [-0.05, 0) is 24.3 Å². The molecule has 0 bridgehead atoms. The highest BCUT2D eigenvalue weighted by Gasteiger charge is 2.24. The van der Waals surface area contributed by atoms with Crippen LogP contribution in [0.2, 0.25) is 5.02 Å². The number of carbonyl (C=O) groups excluding carboxylic acids is 1. The van der Waals surface area contributed by atoms with Gasteiger partial charge in [-0.3, -0.25) is 4.79 Å². The number of primary sulfonamides is 1. The molecule has 2 N–H and O–H groups in total. The second-order valence-corrected chi connectivity index (χ2v) is 7.46. The normalized spacial score (nSPS) is 15.3. The number of nitrogens with two attached hydrogens (primary N) is 1. The third-order valence-electron chi connectivity index (χ3n) is 3.89. The quantitative estimate of drug-likeness (QED) is 0.839. The summed E-state index contributed by atoms with van der Waals surface area (Å²) in [5, 5.41) is 5.12. The van der Waals surface area contributed by atoms with Gasteiger partial charge in [0.15, 0.2) is 0 Å². The first-order chi connectivity index (χ1) is 11.9. The smallest absolute Gasteiger partial charge is 0.254 e. The Hall–Kier alpha value is -2.23. The van der Waals surface area contributed by atoms with Gasteiger partial charge in [-0.2, -0.15) is 0 Å². The van der Waals surface area contributed by atoms with Crippen LogP contribution in [0.1, 0.15) is 10.4 Å². The van der Waals surface area contributed by atoms with Gasteiger partial charge in [0.1, 0.15) is 4.90 Å². The Balaban J connectivity index is 1.73. The van der Waals surface area contributed by atoms with Crippen molar-refractivity contribution in [3.63, 3.8) is 0 Å². The molecular weight excluding hydrogens is 366 g/mol. The molecule has 10 heteroatoms. The first-order valence-electron chi connectivity index (χ1n) is 7.50. The van der Waals surface area contributed by atoms with Gasteiger partial charge in [0, 0.05) is 44.1 Å². The molecule has 1 amide bonds.